The topological polar surface area (TPSA) is 52.5 Å². The van der Waals surface area contributed by atoms with Gasteiger partial charge in [0.1, 0.15) is 16.5 Å². The van der Waals surface area contributed by atoms with Crippen molar-refractivity contribution in [1.29, 1.82) is 0 Å². The van der Waals surface area contributed by atoms with Gasteiger partial charge in [-0.2, -0.15) is 0 Å². The van der Waals surface area contributed by atoms with E-state index in [1.807, 2.05) is 22.7 Å². The molecule has 0 aromatic carbocycles. The summed E-state index contributed by atoms with van der Waals surface area (Å²) in [5.74, 6) is 0.766. The monoisotopic (exact) mass is 237 g/mol. The van der Waals surface area contributed by atoms with E-state index in [2.05, 4.69) is 4.98 Å². The number of aromatic nitrogens is 2. The zero-order valence-corrected chi connectivity index (χ0v) is 9.66. The SMILES string of the molecule is COc1ccn2c(Cl)c(C3(N)CC3)nc2c1. The molecule has 0 bridgehead atoms. The van der Waals surface area contributed by atoms with Crippen molar-refractivity contribution in [2.45, 2.75) is 18.4 Å². The molecule has 3 rings (SSSR count). The highest BCUT2D eigenvalue weighted by atomic mass is 35.5. The number of methoxy groups -OCH3 is 1. The quantitative estimate of drug-likeness (QED) is 0.869. The van der Waals surface area contributed by atoms with E-state index in [4.69, 9.17) is 22.1 Å². The standard InChI is InChI=1S/C11H12ClN3O/c1-16-7-2-5-15-8(6-7)14-9(10(15)12)11(13)3-4-11/h2,5-6H,3-4,13H2,1H3. The van der Waals surface area contributed by atoms with Crippen molar-refractivity contribution in [1.82, 2.24) is 9.38 Å². The van der Waals surface area contributed by atoms with Crippen LogP contribution in [0.15, 0.2) is 18.3 Å². The molecule has 1 aliphatic carbocycles. The lowest BCUT2D eigenvalue weighted by Crippen LogP contribution is -2.19. The normalized spacial score (nSPS) is 17.7. The van der Waals surface area contributed by atoms with Gasteiger partial charge in [0.25, 0.3) is 0 Å². The third kappa shape index (κ3) is 1.30. The van der Waals surface area contributed by atoms with Crippen molar-refractivity contribution in [3.05, 3.63) is 29.2 Å². The number of ether oxygens (including phenoxy) is 1. The first-order valence-electron chi connectivity index (χ1n) is 5.15. The van der Waals surface area contributed by atoms with E-state index in [-0.39, 0.29) is 5.54 Å². The Morgan fingerprint density at radius 3 is 2.94 bits per heavy atom. The highest BCUT2D eigenvalue weighted by Gasteiger charge is 2.44. The number of halogens is 1. The molecule has 1 saturated carbocycles. The van der Waals surface area contributed by atoms with Crippen LogP contribution in [0.3, 0.4) is 0 Å². The van der Waals surface area contributed by atoms with Gasteiger partial charge in [-0.25, -0.2) is 4.98 Å². The van der Waals surface area contributed by atoms with Crippen LogP contribution in [-0.2, 0) is 5.54 Å². The van der Waals surface area contributed by atoms with Gasteiger partial charge in [-0.05, 0) is 18.9 Å². The second kappa shape index (κ2) is 3.12. The zero-order valence-electron chi connectivity index (χ0n) is 8.90. The van der Waals surface area contributed by atoms with E-state index in [1.165, 1.54) is 0 Å². The molecule has 1 fully saturated rings. The van der Waals surface area contributed by atoms with Crippen molar-refractivity contribution >= 4 is 17.2 Å². The van der Waals surface area contributed by atoms with Gasteiger partial charge in [-0.1, -0.05) is 11.6 Å². The molecule has 2 aromatic rings. The first-order valence-corrected chi connectivity index (χ1v) is 5.53. The minimum Gasteiger partial charge on any atom is -0.497 e. The number of hydrogen-bond acceptors (Lipinski definition) is 3. The van der Waals surface area contributed by atoms with Gasteiger partial charge in [0, 0.05) is 12.3 Å². The van der Waals surface area contributed by atoms with Gasteiger partial charge in [0.05, 0.1) is 18.3 Å². The van der Waals surface area contributed by atoms with Gasteiger partial charge in [-0.15, -0.1) is 0 Å². The highest BCUT2D eigenvalue weighted by molar-refractivity contribution is 6.30. The second-order valence-corrected chi connectivity index (χ2v) is 4.56. The molecule has 5 heteroatoms. The number of nitrogens with two attached hydrogens (primary N) is 1. The van der Waals surface area contributed by atoms with Gasteiger partial charge in [0.15, 0.2) is 0 Å². The number of pyridine rings is 1. The third-order valence-corrected chi connectivity index (χ3v) is 3.40. The minimum absolute atomic E-state index is 0.309. The predicted molar refractivity (Wildman–Crippen MR) is 61.9 cm³/mol. The van der Waals surface area contributed by atoms with Crippen LogP contribution in [0.4, 0.5) is 0 Å². The number of fused-ring (bicyclic) bond motifs is 1. The molecule has 2 N–H and O–H groups in total. The van der Waals surface area contributed by atoms with E-state index >= 15 is 0 Å². The Kier molecular flexibility index (Phi) is 1.94. The lowest BCUT2D eigenvalue weighted by molar-refractivity contribution is 0.414. The first kappa shape index (κ1) is 9.93. The zero-order chi connectivity index (χ0) is 11.3. The Morgan fingerprint density at radius 1 is 1.56 bits per heavy atom. The molecule has 0 aliphatic heterocycles. The number of hydrogen-bond donors (Lipinski definition) is 1. The van der Waals surface area contributed by atoms with Crippen molar-refractivity contribution in [2.24, 2.45) is 5.73 Å². The van der Waals surface area contributed by atoms with E-state index in [0.717, 1.165) is 29.9 Å². The van der Waals surface area contributed by atoms with Gasteiger partial charge < -0.3 is 10.5 Å². The minimum atomic E-state index is -0.309. The van der Waals surface area contributed by atoms with Crippen LogP contribution in [-0.4, -0.2) is 16.5 Å². The number of nitrogens with zero attached hydrogens (tertiary/aromatic N) is 2. The smallest absolute Gasteiger partial charge is 0.142 e. The fourth-order valence-corrected chi connectivity index (χ4v) is 2.18. The maximum Gasteiger partial charge on any atom is 0.142 e. The molecule has 0 radical (unpaired) electrons. The van der Waals surface area contributed by atoms with Crippen LogP contribution >= 0.6 is 11.6 Å². The number of imidazole rings is 1. The van der Waals surface area contributed by atoms with E-state index in [0.29, 0.717) is 5.15 Å². The molecule has 2 heterocycles. The molecule has 2 aromatic heterocycles. The molecule has 84 valence electrons. The molecular formula is C11H12ClN3O. The van der Waals surface area contributed by atoms with Crippen molar-refractivity contribution < 1.29 is 4.74 Å². The van der Waals surface area contributed by atoms with Crippen molar-refractivity contribution in [3.8, 4) is 5.75 Å². The van der Waals surface area contributed by atoms with E-state index in [1.54, 1.807) is 7.11 Å². The highest BCUT2D eigenvalue weighted by Crippen LogP contribution is 2.45. The summed E-state index contributed by atoms with van der Waals surface area (Å²) in [5, 5.41) is 0.609. The molecule has 0 unspecified atom stereocenters. The summed E-state index contributed by atoms with van der Waals surface area (Å²) in [5.41, 5.74) is 7.37. The van der Waals surface area contributed by atoms with Crippen molar-refractivity contribution in [2.75, 3.05) is 7.11 Å². The summed E-state index contributed by atoms with van der Waals surface area (Å²) in [6, 6.07) is 3.70. The average molecular weight is 238 g/mol. The van der Waals surface area contributed by atoms with Gasteiger partial charge >= 0.3 is 0 Å². The average Bonchev–Trinajstić information content (AvgIpc) is 2.95. The third-order valence-electron chi connectivity index (χ3n) is 3.04. The van der Waals surface area contributed by atoms with Crippen LogP contribution in [0.5, 0.6) is 5.75 Å². The van der Waals surface area contributed by atoms with Crippen molar-refractivity contribution in [3.63, 3.8) is 0 Å². The summed E-state index contributed by atoms with van der Waals surface area (Å²) in [7, 11) is 1.63. The van der Waals surface area contributed by atoms with Crippen LogP contribution in [0, 0.1) is 0 Å². The summed E-state index contributed by atoms with van der Waals surface area (Å²) in [6.45, 7) is 0. The second-order valence-electron chi connectivity index (χ2n) is 4.20. The van der Waals surface area contributed by atoms with Gasteiger partial charge in [0.2, 0.25) is 0 Å². The largest absolute Gasteiger partial charge is 0.497 e. The maximum atomic E-state index is 6.26. The van der Waals surface area contributed by atoms with E-state index < -0.39 is 0 Å². The lowest BCUT2D eigenvalue weighted by Gasteiger charge is -2.03. The summed E-state index contributed by atoms with van der Waals surface area (Å²) < 4.78 is 6.97. The summed E-state index contributed by atoms with van der Waals surface area (Å²) in [4.78, 5) is 4.48. The molecule has 0 atom stereocenters. The fraction of sp³-hybridized carbons (Fsp3) is 0.364. The Morgan fingerprint density at radius 2 is 2.31 bits per heavy atom. The Bertz CT molecular complexity index is 560. The lowest BCUT2D eigenvalue weighted by atomic mass is 10.2. The van der Waals surface area contributed by atoms with Crippen LogP contribution in [0.2, 0.25) is 5.15 Å². The van der Waals surface area contributed by atoms with Crippen LogP contribution < -0.4 is 10.5 Å². The maximum absolute atomic E-state index is 6.26. The molecule has 4 nitrogen and oxygen atoms in total. The molecule has 0 saturated heterocycles. The Hall–Kier alpha value is -1.26. The van der Waals surface area contributed by atoms with Crippen LogP contribution in [0.1, 0.15) is 18.5 Å². The summed E-state index contributed by atoms with van der Waals surface area (Å²) >= 11 is 6.26. The Labute approximate surface area is 98.0 Å². The summed E-state index contributed by atoms with van der Waals surface area (Å²) in [6.07, 6.45) is 3.75. The predicted octanol–water partition coefficient (Wildman–Crippen LogP) is 1.94. The molecular weight excluding hydrogens is 226 g/mol. The van der Waals surface area contributed by atoms with E-state index in [9.17, 15) is 0 Å². The number of rotatable bonds is 2. The van der Waals surface area contributed by atoms with Crippen LogP contribution in [0.25, 0.3) is 5.65 Å². The molecule has 0 amide bonds. The van der Waals surface area contributed by atoms with Gasteiger partial charge in [-0.3, -0.25) is 4.40 Å². The fourth-order valence-electron chi connectivity index (χ4n) is 1.81. The molecule has 0 spiro atoms. The molecule has 1 aliphatic rings. The molecule has 16 heavy (non-hydrogen) atoms. The first-order chi connectivity index (χ1) is 7.64. The Balaban J connectivity index is 2.22.